The number of benzene rings is 2. The molecule has 0 aromatic heterocycles. The van der Waals surface area contributed by atoms with Crippen LogP contribution in [0, 0.1) is 0 Å². The lowest BCUT2D eigenvalue weighted by Gasteiger charge is -2.36. The van der Waals surface area contributed by atoms with Gasteiger partial charge in [-0.25, -0.2) is 9.59 Å². The minimum Gasteiger partial charge on any atom is -0.313 e. The first-order valence-corrected chi connectivity index (χ1v) is 6.26. The zero-order chi connectivity index (χ0) is 13.9. The molecule has 1 aliphatic rings. The summed E-state index contributed by atoms with van der Waals surface area (Å²) in [6.45, 7) is 0. The lowest BCUT2D eigenvalue weighted by Crippen LogP contribution is -2.59. The van der Waals surface area contributed by atoms with Crippen LogP contribution in [-0.4, -0.2) is 12.1 Å². The quantitative estimate of drug-likeness (QED) is 0.878. The Morgan fingerprint density at radius 3 is 2.10 bits per heavy atom. The number of urea groups is 2. The first kappa shape index (κ1) is 12.2. The molecule has 2 aromatic carbocycles. The van der Waals surface area contributed by atoms with Gasteiger partial charge >= 0.3 is 12.1 Å². The van der Waals surface area contributed by atoms with Crippen LogP contribution in [0.4, 0.5) is 15.3 Å². The summed E-state index contributed by atoms with van der Waals surface area (Å²) in [5.41, 5.74) is 1.57. The second-order valence-corrected chi connectivity index (χ2v) is 4.42. The summed E-state index contributed by atoms with van der Waals surface area (Å²) < 4.78 is 0. The van der Waals surface area contributed by atoms with E-state index in [-0.39, 0.29) is 0 Å². The fraction of sp³-hybridized carbons (Fsp3) is 0.0667. The van der Waals surface area contributed by atoms with Crippen molar-refractivity contribution in [3.05, 3.63) is 66.2 Å². The third-order valence-corrected chi connectivity index (χ3v) is 3.11. The lowest BCUT2D eigenvalue weighted by molar-refractivity contribution is 0.217. The monoisotopic (exact) mass is 267 g/mol. The summed E-state index contributed by atoms with van der Waals surface area (Å²) >= 11 is 0. The molecule has 1 aliphatic heterocycles. The molecule has 4 amide bonds. The van der Waals surface area contributed by atoms with Crippen LogP contribution in [0.3, 0.4) is 0 Å². The van der Waals surface area contributed by atoms with Crippen LogP contribution >= 0.6 is 0 Å². The van der Waals surface area contributed by atoms with E-state index in [2.05, 4.69) is 10.6 Å². The third-order valence-electron chi connectivity index (χ3n) is 3.11. The van der Waals surface area contributed by atoms with Crippen molar-refractivity contribution in [2.45, 2.75) is 6.17 Å². The van der Waals surface area contributed by atoms with Gasteiger partial charge in [-0.05, 0) is 17.7 Å². The minimum atomic E-state index is -0.514. The highest BCUT2D eigenvalue weighted by Gasteiger charge is 2.33. The minimum absolute atomic E-state index is 0.436. The Morgan fingerprint density at radius 2 is 1.45 bits per heavy atom. The van der Waals surface area contributed by atoms with Crippen molar-refractivity contribution in [2.75, 3.05) is 4.90 Å². The Labute approximate surface area is 116 Å². The molecule has 5 heteroatoms. The maximum Gasteiger partial charge on any atom is 0.331 e. The van der Waals surface area contributed by atoms with Gasteiger partial charge in [-0.2, -0.15) is 0 Å². The van der Waals surface area contributed by atoms with Crippen molar-refractivity contribution in [1.82, 2.24) is 10.6 Å². The Balaban J connectivity index is 2.03. The van der Waals surface area contributed by atoms with E-state index in [1.807, 2.05) is 60.7 Å². The van der Waals surface area contributed by atoms with Gasteiger partial charge in [-0.15, -0.1) is 0 Å². The lowest BCUT2D eigenvalue weighted by atomic mass is 10.1. The molecule has 1 saturated heterocycles. The Morgan fingerprint density at radius 1 is 0.850 bits per heavy atom. The highest BCUT2D eigenvalue weighted by molar-refractivity contribution is 6.05. The second kappa shape index (κ2) is 5.05. The van der Waals surface area contributed by atoms with Gasteiger partial charge in [0.05, 0.1) is 0 Å². The van der Waals surface area contributed by atoms with Gasteiger partial charge in [0.1, 0.15) is 6.17 Å². The summed E-state index contributed by atoms with van der Waals surface area (Å²) in [5, 5.41) is 5.03. The largest absolute Gasteiger partial charge is 0.331 e. The molecule has 0 radical (unpaired) electrons. The van der Waals surface area contributed by atoms with Gasteiger partial charge in [0.25, 0.3) is 0 Å². The summed E-state index contributed by atoms with van der Waals surface area (Å²) in [6, 6.07) is 17.7. The van der Waals surface area contributed by atoms with Gasteiger partial charge in [0, 0.05) is 5.69 Å². The number of anilines is 1. The molecule has 0 spiro atoms. The van der Waals surface area contributed by atoms with Crippen LogP contribution in [0.5, 0.6) is 0 Å². The summed E-state index contributed by atoms with van der Waals surface area (Å²) in [4.78, 5) is 25.2. The molecule has 100 valence electrons. The van der Waals surface area contributed by atoms with Gasteiger partial charge in [0.15, 0.2) is 0 Å². The molecule has 1 atom stereocenters. The Kier molecular flexibility index (Phi) is 3.09. The third kappa shape index (κ3) is 2.21. The number of imide groups is 1. The van der Waals surface area contributed by atoms with E-state index in [1.165, 1.54) is 4.90 Å². The predicted octanol–water partition coefficient (Wildman–Crippen LogP) is 2.62. The molecule has 1 heterocycles. The maximum absolute atomic E-state index is 12.1. The second-order valence-electron chi connectivity index (χ2n) is 4.42. The fourth-order valence-electron chi connectivity index (χ4n) is 2.22. The molecule has 2 N–H and O–H groups in total. The number of rotatable bonds is 2. The van der Waals surface area contributed by atoms with Gasteiger partial charge < -0.3 is 5.32 Å². The van der Waals surface area contributed by atoms with Crippen molar-refractivity contribution in [3.8, 4) is 0 Å². The van der Waals surface area contributed by atoms with E-state index in [4.69, 9.17) is 0 Å². The molecule has 1 fully saturated rings. The molecular weight excluding hydrogens is 254 g/mol. The predicted molar refractivity (Wildman–Crippen MR) is 75.2 cm³/mol. The van der Waals surface area contributed by atoms with E-state index in [1.54, 1.807) is 0 Å². The number of hydrogen-bond acceptors (Lipinski definition) is 2. The smallest absolute Gasteiger partial charge is 0.313 e. The van der Waals surface area contributed by atoms with Crippen molar-refractivity contribution < 1.29 is 9.59 Å². The van der Waals surface area contributed by atoms with Crippen molar-refractivity contribution >= 4 is 17.7 Å². The van der Waals surface area contributed by atoms with Crippen molar-refractivity contribution in [3.63, 3.8) is 0 Å². The van der Waals surface area contributed by atoms with E-state index >= 15 is 0 Å². The summed E-state index contributed by atoms with van der Waals surface area (Å²) in [6.07, 6.45) is -0.514. The number of amides is 4. The van der Waals surface area contributed by atoms with Crippen molar-refractivity contribution in [1.29, 1.82) is 0 Å². The number of hydrogen-bond donors (Lipinski definition) is 2. The normalized spacial score (nSPS) is 18.4. The molecule has 0 saturated carbocycles. The molecule has 0 aliphatic carbocycles. The van der Waals surface area contributed by atoms with Crippen LogP contribution in [0.25, 0.3) is 0 Å². The summed E-state index contributed by atoms with van der Waals surface area (Å²) in [5.74, 6) is 0. The number of nitrogens with zero attached hydrogens (tertiary/aromatic N) is 1. The molecule has 20 heavy (non-hydrogen) atoms. The van der Waals surface area contributed by atoms with Gasteiger partial charge in [0.2, 0.25) is 0 Å². The van der Waals surface area contributed by atoms with Crippen LogP contribution in [0.2, 0.25) is 0 Å². The zero-order valence-electron chi connectivity index (χ0n) is 10.6. The van der Waals surface area contributed by atoms with Crippen LogP contribution in [0.15, 0.2) is 60.7 Å². The number of carbonyl (C=O) groups is 2. The topological polar surface area (TPSA) is 61.4 Å². The fourth-order valence-corrected chi connectivity index (χ4v) is 2.22. The zero-order valence-corrected chi connectivity index (χ0v) is 10.6. The molecular formula is C15H13N3O2. The average molecular weight is 267 g/mol. The van der Waals surface area contributed by atoms with E-state index < -0.39 is 18.2 Å². The van der Waals surface area contributed by atoms with Gasteiger partial charge in [-0.3, -0.25) is 10.2 Å². The SMILES string of the molecule is O=C1NC(=O)N(c2ccccc2)C(c2ccccc2)N1. The highest BCUT2D eigenvalue weighted by atomic mass is 16.2. The molecule has 0 bridgehead atoms. The van der Waals surface area contributed by atoms with Crippen LogP contribution in [0.1, 0.15) is 11.7 Å². The maximum atomic E-state index is 12.1. The molecule has 3 rings (SSSR count). The van der Waals surface area contributed by atoms with Gasteiger partial charge in [-0.1, -0.05) is 48.5 Å². The van der Waals surface area contributed by atoms with Crippen molar-refractivity contribution in [2.24, 2.45) is 0 Å². The van der Waals surface area contributed by atoms with E-state index in [9.17, 15) is 9.59 Å². The Bertz CT molecular complexity index is 628. The first-order chi connectivity index (χ1) is 9.75. The van der Waals surface area contributed by atoms with E-state index in [0.717, 1.165) is 11.3 Å². The number of carbonyl (C=O) groups excluding carboxylic acids is 2. The van der Waals surface area contributed by atoms with E-state index in [0.29, 0.717) is 0 Å². The molecule has 5 nitrogen and oxygen atoms in total. The molecule has 1 unspecified atom stereocenters. The first-order valence-electron chi connectivity index (χ1n) is 6.26. The summed E-state index contributed by atoms with van der Waals surface area (Å²) in [7, 11) is 0. The Hall–Kier alpha value is -2.82. The van der Waals surface area contributed by atoms with Crippen LogP contribution < -0.4 is 15.5 Å². The number of para-hydroxylation sites is 1. The standard InChI is InChI=1S/C15H13N3O2/c19-14-16-13(11-7-3-1-4-8-11)18(15(20)17-14)12-9-5-2-6-10-12/h1-10,13H,(H2,16,17,19,20). The number of nitrogens with one attached hydrogen (secondary N) is 2. The average Bonchev–Trinajstić information content (AvgIpc) is 2.48. The highest BCUT2D eigenvalue weighted by Crippen LogP contribution is 2.26. The van der Waals surface area contributed by atoms with Crippen LogP contribution in [-0.2, 0) is 0 Å². The molecule has 2 aromatic rings.